The second-order valence-electron chi connectivity index (χ2n) is 5.00. The molecule has 0 radical (unpaired) electrons. The summed E-state index contributed by atoms with van der Waals surface area (Å²) in [5, 5.41) is 5.54. The van der Waals surface area contributed by atoms with Crippen molar-refractivity contribution in [3.05, 3.63) is 52.2 Å². The highest BCUT2D eigenvalue weighted by Gasteiger charge is 2.04. The van der Waals surface area contributed by atoms with Gasteiger partial charge in [0, 0.05) is 17.0 Å². The van der Waals surface area contributed by atoms with E-state index in [2.05, 4.69) is 48.8 Å². The van der Waals surface area contributed by atoms with E-state index in [1.165, 1.54) is 10.4 Å². The summed E-state index contributed by atoms with van der Waals surface area (Å²) < 4.78 is 5.91. The third-order valence-corrected chi connectivity index (χ3v) is 3.64. The van der Waals surface area contributed by atoms with Gasteiger partial charge in [0.2, 0.25) is 0 Å². The molecule has 1 aromatic carbocycles. The molecule has 0 amide bonds. The summed E-state index contributed by atoms with van der Waals surface area (Å²) in [5.41, 5.74) is 1.22. The normalized spacial score (nSPS) is 10.9. The molecule has 0 spiro atoms. The van der Waals surface area contributed by atoms with Gasteiger partial charge in [0.15, 0.2) is 0 Å². The van der Waals surface area contributed by atoms with Gasteiger partial charge in [-0.1, -0.05) is 38.1 Å². The van der Waals surface area contributed by atoms with E-state index in [0.29, 0.717) is 12.5 Å². The van der Waals surface area contributed by atoms with Gasteiger partial charge in [-0.25, -0.2) is 0 Å². The number of benzene rings is 1. The Kier molecular flexibility index (Phi) is 5.43. The van der Waals surface area contributed by atoms with Crippen molar-refractivity contribution in [2.75, 3.05) is 6.54 Å². The Morgan fingerprint density at radius 1 is 1.16 bits per heavy atom. The summed E-state index contributed by atoms with van der Waals surface area (Å²) in [6.45, 7) is 6.97. The number of hydrogen-bond donors (Lipinski definition) is 1. The van der Waals surface area contributed by atoms with Crippen LogP contribution in [0.5, 0.6) is 5.75 Å². The van der Waals surface area contributed by atoms with Crippen molar-refractivity contribution in [3.8, 4) is 5.75 Å². The van der Waals surface area contributed by atoms with Crippen molar-refractivity contribution < 1.29 is 4.74 Å². The first-order valence-corrected chi connectivity index (χ1v) is 7.57. The predicted molar refractivity (Wildman–Crippen MR) is 81.6 cm³/mol. The van der Waals surface area contributed by atoms with Crippen LogP contribution in [0.4, 0.5) is 0 Å². The van der Waals surface area contributed by atoms with Gasteiger partial charge in [0.05, 0.1) is 0 Å². The van der Waals surface area contributed by atoms with Crippen molar-refractivity contribution in [2.45, 2.75) is 27.0 Å². The predicted octanol–water partition coefficient (Wildman–Crippen LogP) is 4.07. The fraction of sp³-hybridized carbons (Fsp3) is 0.375. The summed E-state index contributed by atoms with van der Waals surface area (Å²) >= 11 is 1.73. The minimum Gasteiger partial charge on any atom is -0.488 e. The lowest BCUT2D eigenvalue weighted by Crippen LogP contribution is -2.19. The molecular formula is C16H21NOS. The Labute approximate surface area is 119 Å². The van der Waals surface area contributed by atoms with Crippen molar-refractivity contribution in [3.63, 3.8) is 0 Å². The third-order valence-electron chi connectivity index (χ3n) is 2.79. The van der Waals surface area contributed by atoms with E-state index in [4.69, 9.17) is 4.74 Å². The molecule has 0 unspecified atom stereocenters. The SMILES string of the molecule is CC(C)CNCc1ccccc1OCc1cccs1. The number of rotatable bonds is 7. The van der Waals surface area contributed by atoms with Gasteiger partial charge in [-0.15, -0.1) is 11.3 Å². The Balaban J connectivity index is 1.92. The molecule has 0 saturated heterocycles. The van der Waals surface area contributed by atoms with Crippen molar-refractivity contribution in [2.24, 2.45) is 5.92 Å². The maximum absolute atomic E-state index is 5.91. The fourth-order valence-electron chi connectivity index (χ4n) is 1.83. The number of para-hydroxylation sites is 1. The zero-order valence-corrected chi connectivity index (χ0v) is 12.4. The quantitative estimate of drug-likeness (QED) is 0.822. The van der Waals surface area contributed by atoms with Gasteiger partial charge in [-0.3, -0.25) is 0 Å². The highest BCUT2D eigenvalue weighted by molar-refractivity contribution is 7.09. The molecule has 1 heterocycles. The lowest BCUT2D eigenvalue weighted by atomic mass is 10.2. The number of ether oxygens (including phenoxy) is 1. The molecule has 1 N–H and O–H groups in total. The van der Waals surface area contributed by atoms with Crippen LogP contribution in [0.25, 0.3) is 0 Å². The monoisotopic (exact) mass is 275 g/mol. The molecule has 2 rings (SSSR count). The Hall–Kier alpha value is -1.32. The van der Waals surface area contributed by atoms with Crippen LogP contribution in [0, 0.1) is 5.92 Å². The molecular weight excluding hydrogens is 254 g/mol. The highest BCUT2D eigenvalue weighted by Crippen LogP contribution is 2.20. The molecule has 0 saturated carbocycles. The number of thiophene rings is 1. The largest absolute Gasteiger partial charge is 0.488 e. The molecule has 0 aliphatic rings. The molecule has 3 heteroatoms. The zero-order chi connectivity index (χ0) is 13.5. The average Bonchev–Trinajstić information content (AvgIpc) is 2.90. The summed E-state index contributed by atoms with van der Waals surface area (Å²) in [4.78, 5) is 1.25. The molecule has 0 fully saturated rings. The topological polar surface area (TPSA) is 21.3 Å². The Morgan fingerprint density at radius 3 is 2.74 bits per heavy atom. The van der Waals surface area contributed by atoms with Crippen LogP contribution in [0.15, 0.2) is 41.8 Å². The number of hydrogen-bond acceptors (Lipinski definition) is 3. The molecule has 0 atom stereocenters. The van der Waals surface area contributed by atoms with Crippen molar-refractivity contribution in [1.29, 1.82) is 0 Å². The van der Waals surface area contributed by atoms with Crippen LogP contribution in [-0.4, -0.2) is 6.54 Å². The standard InChI is InChI=1S/C16H21NOS/c1-13(2)10-17-11-14-6-3-4-8-16(14)18-12-15-7-5-9-19-15/h3-9,13,17H,10-12H2,1-2H3. The van der Waals surface area contributed by atoms with Crippen LogP contribution in [0.1, 0.15) is 24.3 Å². The second-order valence-corrected chi connectivity index (χ2v) is 6.03. The lowest BCUT2D eigenvalue weighted by Gasteiger charge is -2.12. The number of nitrogens with one attached hydrogen (secondary N) is 1. The van der Waals surface area contributed by atoms with E-state index in [0.717, 1.165) is 18.8 Å². The van der Waals surface area contributed by atoms with Gasteiger partial charge in [-0.2, -0.15) is 0 Å². The van der Waals surface area contributed by atoms with Gasteiger partial charge >= 0.3 is 0 Å². The van der Waals surface area contributed by atoms with Crippen LogP contribution < -0.4 is 10.1 Å². The van der Waals surface area contributed by atoms with E-state index < -0.39 is 0 Å². The molecule has 2 aromatic rings. The highest BCUT2D eigenvalue weighted by atomic mass is 32.1. The van der Waals surface area contributed by atoms with Crippen molar-refractivity contribution in [1.82, 2.24) is 5.32 Å². The molecule has 102 valence electrons. The molecule has 19 heavy (non-hydrogen) atoms. The maximum Gasteiger partial charge on any atom is 0.124 e. The minimum atomic E-state index is 0.652. The van der Waals surface area contributed by atoms with E-state index in [1.807, 2.05) is 12.1 Å². The lowest BCUT2D eigenvalue weighted by molar-refractivity contribution is 0.305. The Bertz CT molecular complexity index is 479. The Morgan fingerprint density at radius 2 is 2.00 bits per heavy atom. The van der Waals surface area contributed by atoms with Crippen molar-refractivity contribution >= 4 is 11.3 Å². The molecule has 0 aliphatic carbocycles. The van der Waals surface area contributed by atoms with E-state index in [-0.39, 0.29) is 0 Å². The van der Waals surface area contributed by atoms with Gasteiger partial charge in [0.25, 0.3) is 0 Å². The fourth-order valence-corrected chi connectivity index (χ4v) is 2.45. The van der Waals surface area contributed by atoms with Crippen LogP contribution in [0.2, 0.25) is 0 Å². The summed E-state index contributed by atoms with van der Waals surface area (Å²) in [5.74, 6) is 1.64. The first kappa shape index (κ1) is 14.1. The van der Waals surface area contributed by atoms with E-state index in [9.17, 15) is 0 Å². The summed E-state index contributed by atoms with van der Waals surface area (Å²) in [7, 11) is 0. The minimum absolute atomic E-state index is 0.652. The third kappa shape index (κ3) is 4.69. The van der Waals surface area contributed by atoms with Crippen LogP contribution >= 0.6 is 11.3 Å². The maximum atomic E-state index is 5.91. The summed E-state index contributed by atoms with van der Waals surface area (Å²) in [6, 6.07) is 12.4. The smallest absolute Gasteiger partial charge is 0.124 e. The van der Waals surface area contributed by atoms with Gasteiger partial charge < -0.3 is 10.1 Å². The first-order valence-electron chi connectivity index (χ1n) is 6.69. The molecule has 2 nitrogen and oxygen atoms in total. The second kappa shape index (κ2) is 7.31. The molecule has 0 bridgehead atoms. The first-order chi connectivity index (χ1) is 9.25. The van der Waals surface area contributed by atoms with Crippen LogP contribution in [-0.2, 0) is 13.2 Å². The van der Waals surface area contributed by atoms with E-state index >= 15 is 0 Å². The molecule has 0 aliphatic heterocycles. The summed E-state index contributed by atoms with van der Waals surface area (Å²) in [6.07, 6.45) is 0. The zero-order valence-electron chi connectivity index (χ0n) is 11.6. The van der Waals surface area contributed by atoms with Gasteiger partial charge in [0.1, 0.15) is 12.4 Å². The van der Waals surface area contributed by atoms with Gasteiger partial charge in [-0.05, 0) is 30.0 Å². The van der Waals surface area contributed by atoms with Crippen LogP contribution in [0.3, 0.4) is 0 Å². The average molecular weight is 275 g/mol. The van der Waals surface area contributed by atoms with E-state index in [1.54, 1.807) is 11.3 Å². The molecule has 1 aromatic heterocycles.